The van der Waals surface area contributed by atoms with E-state index in [9.17, 15) is 0 Å². The van der Waals surface area contributed by atoms with E-state index >= 15 is 0 Å². The highest BCUT2D eigenvalue weighted by Crippen LogP contribution is 2.14. The number of hydrogen-bond donors (Lipinski definition) is 1. The monoisotopic (exact) mass is 201 g/mol. The largest absolute Gasteiger partial charge is 0.339 e. The molecule has 0 amide bonds. The second-order valence-corrected chi connectivity index (χ2v) is 4.57. The Morgan fingerprint density at radius 1 is 1.54 bits per heavy atom. The molecule has 13 heavy (non-hydrogen) atoms. The van der Waals surface area contributed by atoms with Gasteiger partial charge >= 0.3 is 0 Å². The zero-order chi connectivity index (χ0) is 9.68. The van der Waals surface area contributed by atoms with Gasteiger partial charge in [0.1, 0.15) is 0 Å². The van der Waals surface area contributed by atoms with Crippen molar-refractivity contribution in [3.8, 4) is 0 Å². The van der Waals surface area contributed by atoms with Gasteiger partial charge in [0.05, 0.1) is 5.75 Å². The Morgan fingerprint density at radius 3 is 2.92 bits per heavy atom. The molecule has 0 saturated heterocycles. The second kappa shape index (κ2) is 5.24. The van der Waals surface area contributed by atoms with Gasteiger partial charge in [-0.3, -0.25) is 0 Å². The average Bonchev–Trinajstić information content (AvgIpc) is 2.50. The minimum Gasteiger partial charge on any atom is -0.339 e. The molecule has 5 heteroatoms. The molecule has 0 aliphatic carbocycles. The number of aromatic nitrogens is 2. The lowest BCUT2D eigenvalue weighted by molar-refractivity contribution is 0.376. The predicted octanol–water partition coefficient (Wildman–Crippen LogP) is 1.21. The molecule has 4 nitrogen and oxygen atoms in total. The summed E-state index contributed by atoms with van der Waals surface area (Å²) in [5.74, 6) is 2.22. The standard InChI is InChI=1S/C8H15N3OS/c1-6(2)13-5-7-10-8(3-4-9)12-11-7/h6H,3-5,9H2,1-2H3. The molecule has 0 fully saturated rings. The average molecular weight is 201 g/mol. The molecular weight excluding hydrogens is 186 g/mol. The van der Waals surface area contributed by atoms with Gasteiger partial charge < -0.3 is 10.3 Å². The molecule has 1 aromatic rings. The summed E-state index contributed by atoms with van der Waals surface area (Å²) in [4.78, 5) is 4.19. The quantitative estimate of drug-likeness (QED) is 0.775. The van der Waals surface area contributed by atoms with Gasteiger partial charge in [-0.25, -0.2) is 0 Å². The fourth-order valence-corrected chi connectivity index (χ4v) is 1.41. The van der Waals surface area contributed by atoms with E-state index in [0.29, 0.717) is 24.1 Å². The summed E-state index contributed by atoms with van der Waals surface area (Å²) in [6.07, 6.45) is 0.666. The lowest BCUT2D eigenvalue weighted by atomic mass is 10.4. The lowest BCUT2D eigenvalue weighted by Gasteiger charge is -1.98. The fourth-order valence-electron chi connectivity index (χ4n) is 0.815. The van der Waals surface area contributed by atoms with Crippen molar-refractivity contribution in [1.82, 2.24) is 10.1 Å². The molecule has 0 bridgehead atoms. The molecule has 1 heterocycles. The Morgan fingerprint density at radius 2 is 2.31 bits per heavy atom. The van der Waals surface area contributed by atoms with Crippen LogP contribution in [0.25, 0.3) is 0 Å². The summed E-state index contributed by atoms with van der Waals surface area (Å²) in [5, 5.41) is 4.44. The van der Waals surface area contributed by atoms with E-state index in [1.54, 1.807) is 11.8 Å². The van der Waals surface area contributed by atoms with Crippen LogP contribution in [0.4, 0.5) is 0 Å². The van der Waals surface area contributed by atoms with Gasteiger partial charge in [0.15, 0.2) is 5.82 Å². The van der Waals surface area contributed by atoms with E-state index in [4.69, 9.17) is 10.3 Å². The van der Waals surface area contributed by atoms with Gasteiger partial charge in [-0.05, 0) is 5.25 Å². The Labute approximate surface area is 82.3 Å². The molecular formula is C8H15N3OS. The van der Waals surface area contributed by atoms with Crippen LogP contribution < -0.4 is 5.73 Å². The van der Waals surface area contributed by atoms with E-state index < -0.39 is 0 Å². The molecule has 2 N–H and O–H groups in total. The Bertz CT molecular complexity index is 249. The highest BCUT2D eigenvalue weighted by molar-refractivity contribution is 7.99. The third-order valence-electron chi connectivity index (χ3n) is 1.41. The van der Waals surface area contributed by atoms with Crippen molar-refractivity contribution in [3.63, 3.8) is 0 Å². The minimum absolute atomic E-state index is 0.555. The molecule has 0 unspecified atom stereocenters. The third-order valence-corrected chi connectivity index (χ3v) is 2.51. The van der Waals surface area contributed by atoms with Crippen LogP contribution in [-0.4, -0.2) is 21.9 Å². The molecule has 0 radical (unpaired) electrons. The van der Waals surface area contributed by atoms with Crippen LogP contribution in [0, 0.1) is 0 Å². The van der Waals surface area contributed by atoms with Gasteiger partial charge in [0.25, 0.3) is 0 Å². The van der Waals surface area contributed by atoms with Crippen LogP contribution in [0.5, 0.6) is 0 Å². The maximum atomic E-state index is 5.36. The zero-order valence-electron chi connectivity index (χ0n) is 7.99. The molecule has 0 spiro atoms. The summed E-state index contributed by atoms with van der Waals surface area (Å²) in [6, 6.07) is 0. The number of nitrogens with two attached hydrogens (primary N) is 1. The van der Waals surface area contributed by atoms with Crippen molar-refractivity contribution in [2.45, 2.75) is 31.3 Å². The highest BCUT2D eigenvalue weighted by atomic mass is 32.2. The summed E-state index contributed by atoms with van der Waals surface area (Å²) in [7, 11) is 0. The van der Waals surface area contributed by atoms with Crippen molar-refractivity contribution in [2.24, 2.45) is 5.73 Å². The second-order valence-electron chi connectivity index (χ2n) is 3.00. The Balaban J connectivity index is 2.39. The van der Waals surface area contributed by atoms with Crippen molar-refractivity contribution < 1.29 is 4.52 Å². The molecule has 1 aromatic heterocycles. The number of rotatable bonds is 5. The summed E-state index contributed by atoms with van der Waals surface area (Å²) < 4.78 is 4.98. The van der Waals surface area contributed by atoms with Gasteiger partial charge in [0, 0.05) is 13.0 Å². The topological polar surface area (TPSA) is 64.9 Å². The van der Waals surface area contributed by atoms with Crippen molar-refractivity contribution >= 4 is 11.8 Å². The van der Waals surface area contributed by atoms with Gasteiger partial charge in [0.2, 0.25) is 5.89 Å². The van der Waals surface area contributed by atoms with Crippen LogP contribution in [0.15, 0.2) is 4.52 Å². The van der Waals surface area contributed by atoms with Crippen LogP contribution in [-0.2, 0) is 12.2 Å². The van der Waals surface area contributed by atoms with Crippen molar-refractivity contribution in [3.05, 3.63) is 11.7 Å². The van der Waals surface area contributed by atoms with E-state index in [2.05, 4.69) is 24.0 Å². The first-order valence-corrected chi connectivity index (χ1v) is 5.40. The SMILES string of the molecule is CC(C)SCc1noc(CCN)n1. The number of thioether (sulfide) groups is 1. The van der Waals surface area contributed by atoms with Crippen LogP contribution in [0.2, 0.25) is 0 Å². The minimum atomic E-state index is 0.555. The fraction of sp³-hybridized carbons (Fsp3) is 0.750. The molecule has 0 aromatic carbocycles. The van der Waals surface area contributed by atoms with Crippen LogP contribution in [0.1, 0.15) is 25.6 Å². The van der Waals surface area contributed by atoms with E-state index in [-0.39, 0.29) is 0 Å². The lowest BCUT2D eigenvalue weighted by Crippen LogP contribution is -2.02. The van der Waals surface area contributed by atoms with Crippen LogP contribution in [0.3, 0.4) is 0 Å². The Kier molecular flexibility index (Phi) is 4.24. The number of hydrogen-bond acceptors (Lipinski definition) is 5. The smallest absolute Gasteiger partial charge is 0.227 e. The maximum Gasteiger partial charge on any atom is 0.227 e. The highest BCUT2D eigenvalue weighted by Gasteiger charge is 2.05. The normalized spacial score (nSPS) is 11.1. The summed E-state index contributed by atoms with van der Waals surface area (Å²) in [6.45, 7) is 4.84. The molecule has 1 rings (SSSR count). The molecule has 0 atom stereocenters. The Hall–Kier alpha value is -0.550. The molecule has 0 saturated carbocycles. The molecule has 74 valence electrons. The van der Waals surface area contributed by atoms with Crippen LogP contribution >= 0.6 is 11.8 Å². The van der Waals surface area contributed by atoms with Crippen molar-refractivity contribution in [2.75, 3.05) is 6.54 Å². The molecule has 0 aliphatic rings. The van der Waals surface area contributed by atoms with E-state index in [1.165, 1.54) is 0 Å². The maximum absolute atomic E-state index is 5.36. The first-order chi connectivity index (χ1) is 6.22. The van der Waals surface area contributed by atoms with E-state index in [0.717, 1.165) is 11.6 Å². The summed E-state index contributed by atoms with van der Waals surface area (Å²) in [5.41, 5.74) is 5.36. The summed E-state index contributed by atoms with van der Waals surface area (Å²) >= 11 is 1.80. The van der Waals surface area contributed by atoms with Gasteiger partial charge in [-0.2, -0.15) is 16.7 Å². The van der Waals surface area contributed by atoms with Gasteiger partial charge in [-0.15, -0.1) is 0 Å². The predicted molar refractivity (Wildman–Crippen MR) is 53.5 cm³/mol. The van der Waals surface area contributed by atoms with Crippen molar-refractivity contribution in [1.29, 1.82) is 0 Å². The molecule has 0 aliphatic heterocycles. The third kappa shape index (κ3) is 3.78. The van der Waals surface area contributed by atoms with E-state index in [1.807, 2.05) is 0 Å². The first-order valence-electron chi connectivity index (χ1n) is 4.35. The van der Waals surface area contributed by atoms with Gasteiger partial charge in [-0.1, -0.05) is 19.0 Å². The number of nitrogens with zero attached hydrogens (tertiary/aromatic N) is 2. The first kappa shape index (κ1) is 10.5. The zero-order valence-corrected chi connectivity index (χ0v) is 8.80.